The minimum atomic E-state index is -0.108. The number of amides is 1. The van der Waals surface area contributed by atoms with Crippen molar-refractivity contribution >= 4 is 34.7 Å². The Labute approximate surface area is 167 Å². The number of thiophene rings is 1. The molecule has 2 aromatic heterocycles. The van der Waals surface area contributed by atoms with Gasteiger partial charge >= 0.3 is 0 Å². The average Bonchev–Trinajstić information content (AvgIpc) is 3.31. The summed E-state index contributed by atoms with van der Waals surface area (Å²) < 4.78 is 7.62. The highest BCUT2D eigenvalue weighted by molar-refractivity contribution is 7.99. The third-order valence-electron chi connectivity index (χ3n) is 3.72. The van der Waals surface area contributed by atoms with Crippen molar-refractivity contribution in [3.05, 3.63) is 41.8 Å². The Morgan fingerprint density at radius 3 is 2.78 bits per heavy atom. The van der Waals surface area contributed by atoms with E-state index >= 15 is 0 Å². The van der Waals surface area contributed by atoms with Crippen molar-refractivity contribution in [3.63, 3.8) is 0 Å². The lowest BCUT2D eigenvalue weighted by Crippen LogP contribution is -2.15. The number of rotatable bonds is 8. The molecule has 0 spiro atoms. The van der Waals surface area contributed by atoms with Crippen LogP contribution in [0.5, 0.6) is 5.75 Å². The van der Waals surface area contributed by atoms with E-state index in [2.05, 4.69) is 33.9 Å². The Morgan fingerprint density at radius 2 is 2.07 bits per heavy atom. The minimum Gasteiger partial charge on any atom is -0.492 e. The Kier molecular flexibility index (Phi) is 6.52. The molecule has 1 amide bonds. The maximum absolute atomic E-state index is 12.4. The summed E-state index contributed by atoms with van der Waals surface area (Å²) in [4.78, 5) is 13.5. The number of aromatic nitrogens is 3. The number of carbonyl (C=O) groups is 1. The fraction of sp³-hybridized carbons (Fsp3) is 0.316. The maximum Gasteiger partial charge on any atom is 0.234 e. The van der Waals surface area contributed by atoms with Gasteiger partial charge in [0.15, 0.2) is 11.0 Å². The van der Waals surface area contributed by atoms with Gasteiger partial charge in [0.05, 0.1) is 22.9 Å². The zero-order chi connectivity index (χ0) is 19.2. The van der Waals surface area contributed by atoms with Crippen LogP contribution in [0.3, 0.4) is 0 Å². The molecule has 0 unspecified atom stereocenters. The molecule has 0 aliphatic rings. The van der Waals surface area contributed by atoms with Crippen molar-refractivity contribution < 1.29 is 9.53 Å². The van der Waals surface area contributed by atoms with Gasteiger partial charge in [-0.05, 0) is 44.4 Å². The summed E-state index contributed by atoms with van der Waals surface area (Å²) in [5.74, 6) is 1.65. The van der Waals surface area contributed by atoms with Crippen LogP contribution in [0.15, 0.2) is 46.9 Å². The number of nitrogens with one attached hydrogen (secondary N) is 1. The largest absolute Gasteiger partial charge is 0.492 e. The van der Waals surface area contributed by atoms with Gasteiger partial charge in [-0.2, -0.15) is 0 Å². The highest BCUT2D eigenvalue weighted by Crippen LogP contribution is 2.30. The predicted octanol–water partition coefficient (Wildman–Crippen LogP) is 4.72. The van der Waals surface area contributed by atoms with Crippen molar-refractivity contribution in [3.8, 4) is 16.5 Å². The lowest BCUT2D eigenvalue weighted by molar-refractivity contribution is -0.113. The molecule has 8 heteroatoms. The van der Waals surface area contributed by atoms with Crippen LogP contribution in [0.4, 0.5) is 5.69 Å². The van der Waals surface area contributed by atoms with E-state index in [1.54, 1.807) is 11.3 Å². The molecule has 2 heterocycles. The standard InChI is InChI=1S/C19H22N4O2S2/c1-4-25-15-9-6-5-8-14(15)20-17(24)12-27-19-22-21-18(23(19)13(2)3)16-10-7-11-26-16/h5-11,13H,4,12H2,1-3H3,(H,20,24). The highest BCUT2D eigenvalue weighted by Gasteiger charge is 2.18. The smallest absolute Gasteiger partial charge is 0.234 e. The number of ether oxygens (including phenoxy) is 1. The number of thioether (sulfide) groups is 1. The topological polar surface area (TPSA) is 69.0 Å². The van der Waals surface area contributed by atoms with Crippen LogP contribution in [0.25, 0.3) is 10.7 Å². The number of hydrogen-bond donors (Lipinski definition) is 1. The normalized spacial score (nSPS) is 11.0. The number of nitrogens with zero attached hydrogens (tertiary/aromatic N) is 3. The second-order valence-corrected chi connectivity index (χ2v) is 7.90. The molecule has 0 saturated carbocycles. The molecule has 0 atom stereocenters. The van der Waals surface area contributed by atoms with Crippen LogP contribution in [0.1, 0.15) is 26.8 Å². The number of para-hydroxylation sites is 2. The molecule has 1 N–H and O–H groups in total. The molecule has 0 fully saturated rings. The van der Waals surface area contributed by atoms with Crippen molar-refractivity contribution in [2.75, 3.05) is 17.7 Å². The number of hydrogen-bond acceptors (Lipinski definition) is 6. The summed E-state index contributed by atoms with van der Waals surface area (Å²) in [6.45, 7) is 6.63. The second kappa shape index (κ2) is 9.05. The van der Waals surface area contributed by atoms with Gasteiger partial charge in [0, 0.05) is 6.04 Å². The Balaban J connectivity index is 1.69. The summed E-state index contributed by atoms with van der Waals surface area (Å²) in [7, 11) is 0. The molecule has 1 aromatic carbocycles. The van der Waals surface area contributed by atoms with E-state index in [9.17, 15) is 4.79 Å². The zero-order valence-corrected chi connectivity index (χ0v) is 17.1. The molecule has 3 rings (SSSR count). The van der Waals surface area contributed by atoms with Gasteiger partial charge in [-0.15, -0.1) is 21.5 Å². The Morgan fingerprint density at radius 1 is 1.26 bits per heavy atom. The highest BCUT2D eigenvalue weighted by atomic mass is 32.2. The van der Waals surface area contributed by atoms with Gasteiger partial charge in [-0.3, -0.25) is 9.36 Å². The fourth-order valence-corrected chi connectivity index (χ4v) is 4.16. The molecule has 3 aromatic rings. The first-order valence-electron chi connectivity index (χ1n) is 8.73. The van der Waals surface area contributed by atoms with E-state index in [0.717, 1.165) is 15.9 Å². The minimum absolute atomic E-state index is 0.108. The first-order valence-corrected chi connectivity index (χ1v) is 10.6. The van der Waals surface area contributed by atoms with Crippen LogP contribution in [0, 0.1) is 0 Å². The van der Waals surface area contributed by atoms with Crippen LogP contribution in [-0.2, 0) is 4.79 Å². The third kappa shape index (κ3) is 4.70. The number of benzene rings is 1. The summed E-state index contributed by atoms with van der Waals surface area (Å²) in [5, 5.41) is 14.3. The van der Waals surface area contributed by atoms with E-state index in [1.807, 2.05) is 48.7 Å². The molecule has 27 heavy (non-hydrogen) atoms. The molecule has 0 radical (unpaired) electrons. The van der Waals surface area contributed by atoms with E-state index in [-0.39, 0.29) is 17.7 Å². The molecule has 142 valence electrons. The van der Waals surface area contributed by atoms with E-state index in [0.29, 0.717) is 18.0 Å². The fourth-order valence-electron chi connectivity index (χ4n) is 2.58. The van der Waals surface area contributed by atoms with Gasteiger partial charge in [0.1, 0.15) is 5.75 Å². The van der Waals surface area contributed by atoms with Gasteiger partial charge < -0.3 is 10.1 Å². The molecular formula is C19H22N4O2S2. The Bertz CT molecular complexity index is 891. The molecular weight excluding hydrogens is 380 g/mol. The summed E-state index contributed by atoms with van der Waals surface area (Å²) in [5.41, 5.74) is 0.676. The van der Waals surface area contributed by atoms with Crippen molar-refractivity contribution in [1.29, 1.82) is 0 Å². The van der Waals surface area contributed by atoms with Gasteiger partial charge in [0.25, 0.3) is 0 Å². The summed E-state index contributed by atoms with van der Waals surface area (Å²) in [6, 6.07) is 11.6. The molecule has 0 aliphatic carbocycles. The average molecular weight is 403 g/mol. The Hall–Kier alpha value is -2.32. The molecule has 0 saturated heterocycles. The van der Waals surface area contributed by atoms with E-state index in [1.165, 1.54) is 11.8 Å². The SMILES string of the molecule is CCOc1ccccc1NC(=O)CSc1nnc(-c2cccs2)n1C(C)C. The first kappa shape index (κ1) is 19.4. The second-order valence-electron chi connectivity index (χ2n) is 6.01. The van der Waals surface area contributed by atoms with Crippen molar-refractivity contribution in [2.24, 2.45) is 0 Å². The van der Waals surface area contributed by atoms with Gasteiger partial charge in [-0.1, -0.05) is 30.0 Å². The van der Waals surface area contributed by atoms with E-state index < -0.39 is 0 Å². The van der Waals surface area contributed by atoms with Gasteiger partial charge in [0.2, 0.25) is 5.91 Å². The summed E-state index contributed by atoms with van der Waals surface area (Å²) in [6.07, 6.45) is 0. The van der Waals surface area contributed by atoms with Crippen molar-refractivity contribution in [2.45, 2.75) is 32.0 Å². The van der Waals surface area contributed by atoms with Crippen LogP contribution in [0.2, 0.25) is 0 Å². The zero-order valence-electron chi connectivity index (χ0n) is 15.5. The molecule has 0 aliphatic heterocycles. The molecule has 6 nitrogen and oxygen atoms in total. The predicted molar refractivity (Wildman–Crippen MR) is 111 cm³/mol. The number of anilines is 1. The quantitative estimate of drug-likeness (QED) is 0.552. The lowest BCUT2D eigenvalue weighted by atomic mass is 10.3. The summed E-state index contributed by atoms with van der Waals surface area (Å²) >= 11 is 3.01. The number of carbonyl (C=O) groups excluding carboxylic acids is 1. The van der Waals surface area contributed by atoms with Crippen LogP contribution >= 0.6 is 23.1 Å². The van der Waals surface area contributed by atoms with Crippen LogP contribution < -0.4 is 10.1 Å². The molecule has 0 bridgehead atoms. The monoisotopic (exact) mass is 402 g/mol. The van der Waals surface area contributed by atoms with E-state index in [4.69, 9.17) is 4.74 Å². The van der Waals surface area contributed by atoms with Crippen LogP contribution in [-0.4, -0.2) is 33.0 Å². The maximum atomic E-state index is 12.4. The van der Waals surface area contributed by atoms with Crippen molar-refractivity contribution in [1.82, 2.24) is 14.8 Å². The lowest BCUT2D eigenvalue weighted by Gasteiger charge is -2.13. The first-order chi connectivity index (χ1) is 13.1. The van der Waals surface area contributed by atoms with Gasteiger partial charge in [-0.25, -0.2) is 0 Å². The third-order valence-corrected chi connectivity index (χ3v) is 5.52.